The zero-order valence-electron chi connectivity index (χ0n) is 9.07. The number of furan rings is 1. The molecule has 0 aromatic carbocycles. The summed E-state index contributed by atoms with van der Waals surface area (Å²) in [6.07, 6.45) is 2.58. The summed E-state index contributed by atoms with van der Waals surface area (Å²) in [5, 5.41) is 9.90. The monoisotopic (exact) mass is 243 g/mol. The van der Waals surface area contributed by atoms with Crippen molar-refractivity contribution in [2.24, 2.45) is 0 Å². The highest BCUT2D eigenvalue weighted by Gasteiger charge is 2.30. The Morgan fingerprint density at radius 1 is 1.56 bits per heavy atom. The number of carbonyl (C=O) groups is 1. The van der Waals surface area contributed by atoms with Gasteiger partial charge in [-0.05, 0) is 37.4 Å². The molecule has 0 atom stereocenters. The van der Waals surface area contributed by atoms with E-state index < -0.39 is 5.60 Å². The molecule has 1 amide bonds. The zero-order valence-corrected chi connectivity index (χ0v) is 9.83. The molecule has 0 spiro atoms. The minimum absolute atomic E-state index is 0.127. The van der Waals surface area contributed by atoms with Crippen LogP contribution < -0.4 is 0 Å². The van der Waals surface area contributed by atoms with Crippen molar-refractivity contribution in [3.8, 4) is 0 Å². The number of halogens is 1. The Balaban J connectivity index is 2.05. The molecular formula is C11H14ClNO3. The first-order valence-corrected chi connectivity index (χ1v) is 5.62. The van der Waals surface area contributed by atoms with Gasteiger partial charge in [-0.2, -0.15) is 0 Å². The molecule has 1 aliphatic rings. The van der Waals surface area contributed by atoms with Gasteiger partial charge < -0.3 is 14.4 Å². The Morgan fingerprint density at radius 2 is 2.19 bits per heavy atom. The fraction of sp³-hybridized carbons (Fsp3) is 0.545. The van der Waals surface area contributed by atoms with E-state index in [0.29, 0.717) is 31.5 Å². The maximum atomic E-state index is 12.0. The number of carbonyl (C=O) groups excluding carboxylic acids is 1. The molecule has 0 unspecified atom stereocenters. The van der Waals surface area contributed by atoms with E-state index in [9.17, 15) is 9.90 Å². The molecular weight excluding hydrogens is 230 g/mol. The first-order valence-electron chi connectivity index (χ1n) is 5.24. The third kappa shape index (κ3) is 2.23. The van der Waals surface area contributed by atoms with Crippen LogP contribution in [0.1, 0.15) is 30.1 Å². The highest BCUT2D eigenvalue weighted by Crippen LogP contribution is 2.24. The summed E-state index contributed by atoms with van der Waals surface area (Å²) >= 11 is 5.75. The summed E-state index contributed by atoms with van der Waals surface area (Å²) in [6, 6.07) is 1.57. The number of aliphatic hydroxyl groups is 1. The third-order valence-corrected chi connectivity index (χ3v) is 3.27. The zero-order chi connectivity index (χ0) is 11.8. The van der Waals surface area contributed by atoms with Crippen molar-refractivity contribution >= 4 is 17.5 Å². The molecule has 1 saturated heterocycles. The van der Waals surface area contributed by atoms with E-state index in [-0.39, 0.29) is 11.1 Å². The molecule has 2 rings (SSSR count). The Bertz CT molecular complexity index is 390. The van der Waals surface area contributed by atoms with Crippen molar-refractivity contribution in [3.63, 3.8) is 0 Å². The van der Waals surface area contributed by atoms with Gasteiger partial charge in [0.05, 0.1) is 17.4 Å². The van der Waals surface area contributed by atoms with E-state index in [1.807, 2.05) is 0 Å². The number of amides is 1. The van der Waals surface area contributed by atoms with Gasteiger partial charge in [-0.3, -0.25) is 4.79 Å². The molecule has 0 radical (unpaired) electrons. The van der Waals surface area contributed by atoms with Gasteiger partial charge in [-0.1, -0.05) is 0 Å². The van der Waals surface area contributed by atoms with Gasteiger partial charge >= 0.3 is 0 Å². The molecule has 1 aromatic rings. The van der Waals surface area contributed by atoms with Gasteiger partial charge in [0, 0.05) is 13.1 Å². The van der Waals surface area contributed by atoms with Crippen LogP contribution in [0.5, 0.6) is 0 Å². The lowest BCUT2D eigenvalue weighted by molar-refractivity contribution is -0.00202. The van der Waals surface area contributed by atoms with Gasteiger partial charge in [-0.25, -0.2) is 0 Å². The molecule has 88 valence electrons. The summed E-state index contributed by atoms with van der Waals surface area (Å²) in [5.74, 6) is -0.130. The molecule has 1 aromatic heterocycles. The van der Waals surface area contributed by atoms with E-state index in [2.05, 4.69) is 0 Å². The van der Waals surface area contributed by atoms with Gasteiger partial charge in [0.25, 0.3) is 5.91 Å². The molecule has 0 saturated carbocycles. The first-order chi connectivity index (χ1) is 7.49. The molecule has 16 heavy (non-hydrogen) atoms. The second kappa shape index (κ2) is 4.11. The van der Waals surface area contributed by atoms with Gasteiger partial charge in [-0.15, -0.1) is 0 Å². The lowest BCUT2D eigenvalue weighted by Gasteiger charge is -2.35. The smallest absolute Gasteiger partial charge is 0.258 e. The fourth-order valence-electron chi connectivity index (χ4n) is 1.81. The van der Waals surface area contributed by atoms with Gasteiger partial charge in [0.2, 0.25) is 5.22 Å². The summed E-state index contributed by atoms with van der Waals surface area (Å²) in [7, 11) is 0. The van der Waals surface area contributed by atoms with Crippen LogP contribution in [0.25, 0.3) is 0 Å². The number of nitrogens with zero attached hydrogens (tertiary/aromatic N) is 1. The van der Waals surface area contributed by atoms with Crippen molar-refractivity contribution in [1.82, 2.24) is 4.90 Å². The summed E-state index contributed by atoms with van der Waals surface area (Å²) in [6.45, 7) is 2.89. The van der Waals surface area contributed by atoms with E-state index in [4.69, 9.17) is 16.0 Å². The number of hydrogen-bond acceptors (Lipinski definition) is 3. The standard InChI is InChI=1S/C11H14ClNO3/c1-11(15)3-5-13(6-4-11)10(14)8-2-7-16-9(8)12/h2,7,15H,3-6H2,1H3. The molecule has 0 aliphatic carbocycles. The Kier molecular flexibility index (Phi) is 2.95. The Morgan fingerprint density at radius 3 is 2.69 bits per heavy atom. The van der Waals surface area contributed by atoms with Gasteiger partial charge in [0.15, 0.2) is 0 Å². The van der Waals surface area contributed by atoms with Gasteiger partial charge in [0.1, 0.15) is 0 Å². The molecule has 1 aliphatic heterocycles. The lowest BCUT2D eigenvalue weighted by Crippen LogP contribution is -2.45. The van der Waals surface area contributed by atoms with E-state index in [0.717, 1.165) is 0 Å². The summed E-state index contributed by atoms with van der Waals surface area (Å²) in [4.78, 5) is 13.7. The van der Waals surface area contributed by atoms with Crippen LogP contribution in [-0.2, 0) is 0 Å². The van der Waals surface area contributed by atoms with E-state index in [1.165, 1.54) is 6.26 Å². The average molecular weight is 244 g/mol. The van der Waals surface area contributed by atoms with Crippen molar-refractivity contribution in [3.05, 3.63) is 23.1 Å². The predicted molar refractivity (Wildman–Crippen MR) is 59.5 cm³/mol. The third-order valence-electron chi connectivity index (χ3n) is 2.98. The molecule has 2 heterocycles. The number of likely N-dealkylation sites (tertiary alicyclic amines) is 1. The first kappa shape index (κ1) is 11.5. The second-order valence-corrected chi connectivity index (χ2v) is 4.74. The Labute approximate surface area is 98.8 Å². The fourth-order valence-corrected chi connectivity index (χ4v) is 2.00. The minimum atomic E-state index is -0.656. The predicted octanol–water partition coefficient (Wildman–Crippen LogP) is 1.92. The van der Waals surface area contributed by atoms with Crippen LogP contribution in [0.15, 0.2) is 16.7 Å². The molecule has 1 fully saturated rings. The van der Waals surface area contributed by atoms with Crippen molar-refractivity contribution < 1.29 is 14.3 Å². The largest absolute Gasteiger partial charge is 0.452 e. The highest BCUT2D eigenvalue weighted by molar-refractivity contribution is 6.32. The van der Waals surface area contributed by atoms with Crippen LogP contribution in [0, 0.1) is 0 Å². The van der Waals surface area contributed by atoms with Crippen molar-refractivity contribution in [2.75, 3.05) is 13.1 Å². The van der Waals surface area contributed by atoms with Crippen LogP contribution in [0.2, 0.25) is 5.22 Å². The van der Waals surface area contributed by atoms with E-state index in [1.54, 1.807) is 17.9 Å². The quantitative estimate of drug-likeness (QED) is 0.820. The average Bonchev–Trinajstić information content (AvgIpc) is 2.63. The SMILES string of the molecule is CC1(O)CCN(C(=O)c2ccoc2Cl)CC1. The summed E-state index contributed by atoms with van der Waals surface area (Å²) < 4.78 is 4.89. The van der Waals surface area contributed by atoms with Crippen LogP contribution in [0.3, 0.4) is 0 Å². The molecule has 1 N–H and O–H groups in total. The Hall–Kier alpha value is -1.00. The molecule has 5 heteroatoms. The normalized spacial score (nSPS) is 19.8. The van der Waals surface area contributed by atoms with Crippen molar-refractivity contribution in [1.29, 1.82) is 0 Å². The number of piperidine rings is 1. The van der Waals surface area contributed by atoms with Crippen LogP contribution in [-0.4, -0.2) is 34.6 Å². The topological polar surface area (TPSA) is 53.7 Å². The van der Waals surface area contributed by atoms with E-state index >= 15 is 0 Å². The number of rotatable bonds is 1. The van der Waals surface area contributed by atoms with Crippen LogP contribution >= 0.6 is 11.6 Å². The van der Waals surface area contributed by atoms with Crippen LogP contribution in [0.4, 0.5) is 0 Å². The summed E-state index contributed by atoms with van der Waals surface area (Å²) in [5.41, 5.74) is -0.264. The maximum absolute atomic E-state index is 12.0. The molecule has 0 bridgehead atoms. The number of hydrogen-bond donors (Lipinski definition) is 1. The minimum Gasteiger partial charge on any atom is -0.452 e. The lowest BCUT2D eigenvalue weighted by atomic mass is 9.93. The maximum Gasteiger partial charge on any atom is 0.258 e. The molecule has 4 nitrogen and oxygen atoms in total. The van der Waals surface area contributed by atoms with Crippen molar-refractivity contribution in [2.45, 2.75) is 25.4 Å². The highest BCUT2D eigenvalue weighted by atomic mass is 35.5. The second-order valence-electron chi connectivity index (χ2n) is 4.40.